The summed E-state index contributed by atoms with van der Waals surface area (Å²) in [6, 6.07) is 3.13. The molecule has 0 aromatic carbocycles. The minimum Gasteiger partial charge on any atom is -0.310 e. The molecule has 2 heterocycles. The molecule has 1 aromatic rings. The van der Waals surface area contributed by atoms with Crippen molar-refractivity contribution in [2.75, 3.05) is 12.3 Å². The van der Waals surface area contributed by atoms with Crippen LogP contribution >= 0.6 is 23.1 Å². The zero-order valence-corrected chi connectivity index (χ0v) is 13.5. The van der Waals surface area contributed by atoms with Gasteiger partial charge in [-0.15, -0.1) is 11.3 Å². The van der Waals surface area contributed by atoms with E-state index in [4.69, 9.17) is 0 Å². The molecule has 0 bridgehead atoms. The highest BCUT2D eigenvalue weighted by molar-refractivity contribution is 7.98. The van der Waals surface area contributed by atoms with Crippen molar-refractivity contribution in [3.8, 4) is 0 Å². The molecule has 1 aromatic heterocycles. The monoisotopic (exact) mass is 295 g/mol. The molecule has 19 heavy (non-hydrogen) atoms. The Kier molecular flexibility index (Phi) is 4.88. The van der Waals surface area contributed by atoms with E-state index in [0.29, 0.717) is 6.04 Å². The van der Waals surface area contributed by atoms with Crippen LogP contribution in [0.1, 0.15) is 60.4 Å². The van der Waals surface area contributed by atoms with Gasteiger partial charge < -0.3 is 5.32 Å². The molecule has 1 atom stereocenters. The molecule has 3 rings (SSSR count). The Morgan fingerprint density at radius 1 is 1.37 bits per heavy atom. The number of rotatable bonds is 5. The lowest BCUT2D eigenvalue weighted by Gasteiger charge is -2.20. The van der Waals surface area contributed by atoms with Gasteiger partial charge in [0.1, 0.15) is 0 Å². The largest absolute Gasteiger partial charge is 0.310 e. The minimum atomic E-state index is 0.619. The average molecular weight is 296 g/mol. The summed E-state index contributed by atoms with van der Waals surface area (Å²) < 4.78 is 0. The van der Waals surface area contributed by atoms with Gasteiger partial charge in [-0.3, -0.25) is 0 Å². The number of nitrogens with one attached hydrogen (secondary N) is 1. The molecule has 3 heteroatoms. The number of hydrogen-bond donors (Lipinski definition) is 1. The number of thioether (sulfide) groups is 1. The molecule has 1 N–H and O–H groups in total. The highest BCUT2D eigenvalue weighted by Crippen LogP contribution is 2.38. The molecule has 1 saturated carbocycles. The maximum Gasteiger partial charge on any atom is 0.0417 e. The van der Waals surface area contributed by atoms with Gasteiger partial charge in [0, 0.05) is 21.5 Å². The third-order valence-electron chi connectivity index (χ3n) is 4.48. The van der Waals surface area contributed by atoms with Crippen LogP contribution < -0.4 is 5.32 Å². The van der Waals surface area contributed by atoms with E-state index >= 15 is 0 Å². The molecule has 1 aliphatic carbocycles. The normalized spacial score (nSPS) is 21.5. The maximum absolute atomic E-state index is 3.74. The molecular formula is C16H25NS2. The third kappa shape index (κ3) is 3.37. The quantitative estimate of drug-likeness (QED) is 0.840. The van der Waals surface area contributed by atoms with Gasteiger partial charge in [-0.05, 0) is 42.7 Å². The molecular weight excluding hydrogens is 270 g/mol. The van der Waals surface area contributed by atoms with Crippen LogP contribution in [-0.2, 0) is 12.2 Å². The predicted molar refractivity (Wildman–Crippen MR) is 87.2 cm³/mol. The van der Waals surface area contributed by atoms with E-state index in [9.17, 15) is 0 Å². The Labute approximate surface area is 125 Å². The van der Waals surface area contributed by atoms with Crippen LogP contribution in [0.15, 0.2) is 6.07 Å². The van der Waals surface area contributed by atoms with E-state index in [2.05, 4.69) is 41.4 Å². The van der Waals surface area contributed by atoms with Gasteiger partial charge in [-0.1, -0.05) is 32.6 Å². The standard InChI is InChI=1S/C16H25NS2/c1-2-17-14(9-12-5-3-4-6-12)16-10-13-11-18-8-7-15(13)19-16/h10,12,14,17H,2-9,11H2,1H3. The second-order valence-corrected chi connectivity index (χ2v) is 8.17. The number of thiophene rings is 1. The molecule has 0 amide bonds. The summed E-state index contributed by atoms with van der Waals surface area (Å²) in [6.07, 6.45) is 8.50. The predicted octanol–water partition coefficient (Wildman–Crippen LogP) is 4.77. The summed E-state index contributed by atoms with van der Waals surface area (Å²) in [5, 5.41) is 3.74. The van der Waals surface area contributed by atoms with Crippen molar-refractivity contribution in [1.29, 1.82) is 0 Å². The van der Waals surface area contributed by atoms with Crippen LogP contribution in [0.5, 0.6) is 0 Å². The van der Waals surface area contributed by atoms with E-state index in [1.54, 1.807) is 15.3 Å². The lowest BCUT2D eigenvalue weighted by atomic mass is 9.97. The molecule has 1 unspecified atom stereocenters. The molecule has 106 valence electrons. The Bertz CT molecular complexity index is 383. The van der Waals surface area contributed by atoms with Gasteiger partial charge in [0.25, 0.3) is 0 Å². The Hall–Kier alpha value is 0.01000. The fourth-order valence-electron chi connectivity index (χ4n) is 3.47. The van der Waals surface area contributed by atoms with Crippen LogP contribution in [0, 0.1) is 5.92 Å². The second-order valence-electron chi connectivity index (χ2n) is 5.90. The van der Waals surface area contributed by atoms with Crippen molar-refractivity contribution < 1.29 is 0 Å². The van der Waals surface area contributed by atoms with E-state index in [-0.39, 0.29) is 0 Å². The van der Waals surface area contributed by atoms with Crippen molar-refractivity contribution in [3.63, 3.8) is 0 Å². The highest BCUT2D eigenvalue weighted by atomic mass is 32.2. The van der Waals surface area contributed by atoms with Crippen molar-refractivity contribution in [2.24, 2.45) is 5.92 Å². The topological polar surface area (TPSA) is 12.0 Å². The van der Waals surface area contributed by atoms with Gasteiger partial charge in [-0.25, -0.2) is 0 Å². The van der Waals surface area contributed by atoms with Crippen LogP contribution in [0.25, 0.3) is 0 Å². The number of fused-ring (bicyclic) bond motifs is 1. The van der Waals surface area contributed by atoms with E-state index in [1.807, 2.05) is 0 Å². The molecule has 2 aliphatic rings. The zero-order valence-electron chi connectivity index (χ0n) is 11.9. The van der Waals surface area contributed by atoms with Gasteiger partial charge >= 0.3 is 0 Å². The van der Waals surface area contributed by atoms with Crippen LogP contribution in [0.2, 0.25) is 0 Å². The summed E-state index contributed by atoms with van der Waals surface area (Å²) in [7, 11) is 0. The second kappa shape index (κ2) is 6.64. The smallest absolute Gasteiger partial charge is 0.0417 e. The molecule has 0 spiro atoms. The first-order valence-electron chi connectivity index (χ1n) is 7.79. The first-order valence-corrected chi connectivity index (χ1v) is 9.76. The SMILES string of the molecule is CCNC(CC1CCCC1)c1cc2c(s1)CCSC2. The Morgan fingerprint density at radius 3 is 2.95 bits per heavy atom. The fourth-order valence-corrected chi connectivity index (χ4v) is 5.93. The van der Waals surface area contributed by atoms with Crippen molar-refractivity contribution in [1.82, 2.24) is 5.32 Å². The van der Waals surface area contributed by atoms with Crippen molar-refractivity contribution in [2.45, 2.75) is 57.2 Å². The average Bonchev–Trinajstić information content (AvgIpc) is 3.06. The Morgan fingerprint density at radius 2 is 2.21 bits per heavy atom. The molecule has 0 saturated heterocycles. The molecule has 0 radical (unpaired) electrons. The summed E-state index contributed by atoms with van der Waals surface area (Å²) in [4.78, 5) is 3.28. The van der Waals surface area contributed by atoms with Gasteiger partial charge in [0.15, 0.2) is 0 Å². The van der Waals surface area contributed by atoms with E-state index < -0.39 is 0 Å². The molecule has 1 aliphatic heterocycles. The first kappa shape index (κ1) is 14.0. The van der Waals surface area contributed by atoms with Crippen LogP contribution in [0.4, 0.5) is 0 Å². The number of hydrogen-bond acceptors (Lipinski definition) is 3. The molecule has 1 fully saturated rings. The van der Waals surface area contributed by atoms with E-state index in [1.165, 1.54) is 50.0 Å². The van der Waals surface area contributed by atoms with Gasteiger partial charge in [-0.2, -0.15) is 11.8 Å². The fraction of sp³-hybridized carbons (Fsp3) is 0.750. The van der Waals surface area contributed by atoms with Crippen molar-refractivity contribution in [3.05, 3.63) is 21.4 Å². The summed E-state index contributed by atoms with van der Waals surface area (Å²) in [5.74, 6) is 3.53. The highest BCUT2D eigenvalue weighted by Gasteiger charge is 2.23. The van der Waals surface area contributed by atoms with E-state index in [0.717, 1.165) is 12.5 Å². The number of aryl methyl sites for hydroxylation is 1. The molecule has 1 nitrogen and oxygen atoms in total. The third-order valence-corrected chi connectivity index (χ3v) is 6.84. The maximum atomic E-state index is 3.74. The van der Waals surface area contributed by atoms with Gasteiger partial charge in [0.05, 0.1) is 0 Å². The van der Waals surface area contributed by atoms with Gasteiger partial charge in [0.2, 0.25) is 0 Å². The lowest BCUT2D eigenvalue weighted by molar-refractivity contribution is 0.404. The van der Waals surface area contributed by atoms with Crippen LogP contribution in [0.3, 0.4) is 0 Å². The Balaban J connectivity index is 1.72. The van der Waals surface area contributed by atoms with Crippen LogP contribution in [-0.4, -0.2) is 12.3 Å². The zero-order chi connectivity index (χ0) is 13.1. The summed E-state index contributed by atoms with van der Waals surface area (Å²) in [5.41, 5.74) is 1.63. The summed E-state index contributed by atoms with van der Waals surface area (Å²) in [6.45, 7) is 3.33. The van der Waals surface area contributed by atoms with Crippen molar-refractivity contribution >= 4 is 23.1 Å². The summed E-state index contributed by atoms with van der Waals surface area (Å²) >= 11 is 4.19. The lowest BCUT2D eigenvalue weighted by Crippen LogP contribution is -2.22. The first-order chi connectivity index (χ1) is 9.36. The minimum absolute atomic E-state index is 0.619.